The topological polar surface area (TPSA) is 6.48 Å². The fraction of sp³-hybridized carbons (Fsp3) is 0.250. The molecule has 1 heterocycles. The number of alkyl halides is 3. The standard InChI is InChI=1S/C24H23F3N2/c25-24(26,27)22-11-9-20(10-12-22)21-6-4-5-19(17-21)18-28-13-15-29(16-14-28)23-7-2-1-3-8-23/h1-12,17H,13-16,18H2. The molecule has 2 nitrogen and oxygen atoms in total. The van der Waals surface area contributed by atoms with Crippen LogP contribution in [0.3, 0.4) is 0 Å². The van der Waals surface area contributed by atoms with Crippen molar-refractivity contribution in [1.82, 2.24) is 4.90 Å². The van der Waals surface area contributed by atoms with Gasteiger partial charge in [-0.25, -0.2) is 0 Å². The third-order valence-corrected chi connectivity index (χ3v) is 5.37. The number of rotatable bonds is 4. The maximum atomic E-state index is 12.8. The van der Waals surface area contributed by atoms with Gasteiger partial charge in [0.25, 0.3) is 0 Å². The normalized spacial score (nSPS) is 15.5. The Bertz CT molecular complexity index is 928. The summed E-state index contributed by atoms with van der Waals surface area (Å²) >= 11 is 0. The summed E-state index contributed by atoms with van der Waals surface area (Å²) in [6.07, 6.45) is -4.30. The number of benzene rings is 3. The van der Waals surface area contributed by atoms with E-state index in [1.165, 1.54) is 11.3 Å². The van der Waals surface area contributed by atoms with Crippen LogP contribution in [0.2, 0.25) is 0 Å². The molecule has 1 saturated heterocycles. The molecule has 0 radical (unpaired) electrons. The van der Waals surface area contributed by atoms with Crippen LogP contribution in [0.1, 0.15) is 11.1 Å². The van der Waals surface area contributed by atoms with Crippen molar-refractivity contribution in [3.8, 4) is 11.1 Å². The molecule has 29 heavy (non-hydrogen) atoms. The molecule has 0 aromatic heterocycles. The lowest BCUT2D eigenvalue weighted by molar-refractivity contribution is -0.137. The molecule has 0 amide bonds. The molecule has 0 atom stereocenters. The van der Waals surface area contributed by atoms with Crippen molar-refractivity contribution in [1.29, 1.82) is 0 Å². The quantitative estimate of drug-likeness (QED) is 0.559. The zero-order valence-corrected chi connectivity index (χ0v) is 16.1. The van der Waals surface area contributed by atoms with Crippen molar-refractivity contribution in [2.45, 2.75) is 12.7 Å². The molecule has 0 bridgehead atoms. The van der Waals surface area contributed by atoms with Crippen molar-refractivity contribution in [2.75, 3.05) is 31.1 Å². The summed E-state index contributed by atoms with van der Waals surface area (Å²) in [6, 6.07) is 23.9. The minimum Gasteiger partial charge on any atom is -0.369 e. The van der Waals surface area contributed by atoms with E-state index in [4.69, 9.17) is 0 Å². The number of piperazine rings is 1. The maximum Gasteiger partial charge on any atom is 0.416 e. The Morgan fingerprint density at radius 2 is 1.38 bits per heavy atom. The molecule has 4 rings (SSSR count). The molecule has 1 fully saturated rings. The molecule has 150 valence electrons. The maximum absolute atomic E-state index is 12.8. The molecular formula is C24H23F3N2. The molecular weight excluding hydrogens is 373 g/mol. The predicted molar refractivity (Wildman–Crippen MR) is 111 cm³/mol. The van der Waals surface area contributed by atoms with Crippen LogP contribution >= 0.6 is 0 Å². The van der Waals surface area contributed by atoms with Crippen LogP contribution in [-0.4, -0.2) is 31.1 Å². The lowest BCUT2D eigenvalue weighted by Gasteiger charge is -2.36. The summed E-state index contributed by atoms with van der Waals surface area (Å²) in [6.45, 7) is 4.79. The van der Waals surface area contributed by atoms with Gasteiger partial charge in [-0.15, -0.1) is 0 Å². The van der Waals surface area contributed by atoms with Gasteiger partial charge >= 0.3 is 6.18 Å². The van der Waals surface area contributed by atoms with Crippen molar-refractivity contribution < 1.29 is 13.2 Å². The Morgan fingerprint density at radius 1 is 0.690 bits per heavy atom. The molecule has 0 saturated carbocycles. The number of para-hydroxylation sites is 1. The van der Waals surface area contributed by atoms with Gasteiger partial charge in [0.15, 0.2) is 0 Å². The van der Waals surface area contributed by atoms with Gasteiger partial charge in [-0.05, 0) is 47.0 Å². The van der Waals surface area contributed by atoms with E-state index < -0.39 is 11.7 Å². The summed E-state index contributed by atoms with van der Waals surface area (Å²) in [5.74, 6) is 0. The first kappa shape index (κ1) is 19.5. The number of hydrogen-bond acceptors (Lipinski definition) is 2. The fourth-order valence-corrected chi connectivity index (χ4v) is 3.76. The number of nitrogens with zero attached hydrogens (tertiary/aromatic N) is 2. The smallest absolute Gasteiger partial charge is 0.369 e. The second-order valence-electron chi connectivity index (χ2n) is 7.37. The van der Waals surface area contributed by atoms with Crippen LogP contribution in [0.15, 0.2) is 78.9 Å². The highest BCUT2D eigenvalue weighted by Gasteiger charge is 2.30. The van der Waals surface area contributed by atoms with Gasteiger partial charge in [-0.1, -0.05) is 48.5 Å². The highest BCUT2D eigenvalue weighted by atomic mass is 19.4. The van der Waals surface area contributed by atoms with Crippen LogP contribution in [-0.2, 0) is 12.7 Å². The Balaban J connectivity index is 1.40. The lowest BCUT2D eigenvalue weighted by atomic mass is 10.0. The molecule has 0 N–H and O–H groups in total. The summed E-state index contributed by atoms with van der Waals surface area (Å²) in [4.78, 5) is 4.82. The number of anilines is 1. The number of halogens is 3. The van der Waals surface area contributed by atoms with Crippen molar-refractivity contribution in [3.05, 3.63) is 90.0 Å². The molecule has 0 spiro atoms. The second kappa shape index (κ2) is 8.29. The molecule has 3 aromatic rings. The van der Waals surface area contributed by atoms with E-state index in [2.05, 4.69) is 46.2 Å². The number of hydrogen-bond donors (Lipinski definition) is 0. The Morgan fingerprint density at radius 3 is 2.03 bits per heavy atom. The minimum atomic E-state index is -4.30. The zero-order valence-electron chi connectivity index (χ0n) is 16.1. The van der Waals surface area contributed by atoms with E-state index in [1.807, 2.05) is 18.2 Å². The average molecular weight is 396 g/mol. The first-order chi connectivity index (χ1) is 14.0. The summed E-state index contributed by atoms with van der Waals surface area (Å²) in [5.41, 5.74) is 3.56. The Hall–Kier alpha value is -2.79. The van der Waals surface area contributed by atoms with Crippen LogP contribution in [0.4, 0.5) is 18.9 Å². The first-order valence-electron chi connectivity index (χ1n) is 9.78. The average Bonchev–Trinajstić information content (AvgIpc) is 2.75. The van der Waals surface area contributed by atoms with Crippen LogP contribution in [0.5, 0.6) is 0 Å². The van der Waals surface area contributed by atoms with Gasteiger partial charge in [0.2, 0.25) is 0 Å². The third kappa shape index (κ3) is 4.80. The van der Waals surface area contributed by atoms with Gasteiger partial charge in [-0.2, -0.15) is 13.2 Å². The van der Waals surface area contributed by atoms with Gasteiger partial charge in [0.05, 0.1) is 5.56 Å². The Kier molecular flexibility index (Phi) is 5.58. The van der Waals surface area contributed by atoms with Crippen molar-refractivity contribution >= 4 is 5.69 Å². The summed E-state index contributed by atoms with van der Waals surface area (Å²) in [5, 5.41) is 0. The SMILES string of the molecule is FC(F)(F)c1ccc(-c2cccc(CN3CCN(c4ccccc4)CC3)c2)cc1. The molecule has 1 aliphatic heterocycles. The van der Waals surface area contributed by atoms with Gasteiger partial charge in [0.1, 0.15) is 0 Å². The van der Waals surface area contributed by atoms with Crippen LogP contribution < -0.4 is 4.90 Å². The molecule has 0 aliphatic carbocycles. The highest BCUT2D eigenvalue weighted by molar-refractivity contribution is 5.64. The van der Waals surface area contributed by atoms with Crippen LogP contribution in [0.25, 0.3) is 11.1 Å². The second-order valence-corrected chi connectivity index (χ2v) is 7.37. The third-order valence-electron chi connectivity index (χ3n) is 5.37. The van der Waals surface area contributed by atoms with E-state index >= 15 is 0 Å². The Labute approximate surface area is 169 Å². The van der Waals surface area contributed by atoms with E-state index in [9.17, 15) is 13.2 Å². The minimum absolute atomic E-state index is 0.617. The molecule has 0 unspecified atom stereocenters. The summed E-state index contributed by atoms with van der Waals surface area (Å²) < 4.78 is 38.3. The van der Waals surface area contributed by atoms with Gasteiger partial charge < -0.3 is 4.90 Å². The predicted octanol–water partition coefficient (Wildman–Crippen LogP) is 5.69. The van der Waals surface area contributed by atoms with Gasteiger partial charge in [-0.3, -0.25) is 4.90 Å². The van der Waals surface area contributed by atoms with E-state index in [0.29, 0.717) is 0 Å². The molecule has 3 aromatic carbocycles. The van der Waals surface area contributed by atoms with Crippen molar-refractivity contribution in [3.63, 3.8) is 0 Å². The summed E-state index contributed by atoms with van der Waals surface area (Å²) in [7, 11) is 0. The lowest BCUT2D eigenvalue weighted by Crippen LogP contribution is -2.45. The largest absolute Gasteiger partial charge is 0.416 e. The van der Waals surface area contributed by atoms with Crippen LogP contribution in [0, 0.1) is 0 Å². The first-order valence-corrected chi connectivity index (χ1v) is 9.78. The van der Waals surface area contributed by atoms with E-state index in [1.54, 1.807) is 12.1 Å². The van der Waals surface area contributed by atoms with E-state index in [0.717, 1.165) is 56.0 Å². The van der Waals surface area contributed by atoms with Crippen molar-refractivity contribution in [2.24, 2.45) is 0 Å². The van der Waals surface area contributed by atoms with E-state index in [-0.39, 0.29) is 0 Å². The monoisotopic (exact) mass is 396 g/mol. The zero-order chi connectivity index (χ0) is 20.3. The fourth-order valence-electron chi connectivity index (χ4n) is 3.76. The molecule has 1 aliphatic rings. The molecule has 5 heteroatoms. The highest BCUT2D eigenvalue weighted by Crippen LogP contribution is 2.31. The van der Waals surface area contributed by atoms with Gasteiger partial charge in [0, 0.05) is 38.4 Å².